The van der Waals surface area contributed by atoms with Crippen LogP contribution < -0.4 is 11.1 Å². The summed E-state index contributed by atoms with van der Waals surface area (Å²) < 4.78 is 0. The van der Waals surface area contributed by atoms with Crippen molar-refractivity contribution in [2.24, 2.45) is 0 Å². The van der Waals surface area contributed by atoms with Crippen LogP contribution in [-0.2, 0) is 6.54 Å². The van der Waals surface area contributed by atoms with Gasteiger partial charge in [-0.05, 0) is 29.8 Å². The Morgan fingerprint density at radius 3 is 2.48 bits per heavy atom. The van der Waals surface area contributed by atoms with E-state index in [0.29, 0.717) is 17.1 Å². The number of nitrogen functional groups attached to an aromatic ring is 1. The van der Waals surface area contributed by atoms with Gasteiger partial charge in [-0.3, -0.25) is 4.79 Å². The first-order valence-electron chi connectivity index (χ1n) is 6.03. The maximum atomic E-state index is 12.1. The number of hydrogen-bond donors (Lipinski definition) is 2. The molecule has 0 bridgehead atoms. The standard InChI is InChI=1S/C15H11Cl2N3O/c16-11-5-12(17)14(13(19)6-11)15(21)20-8-10-3-1-9(7-18)2-4-10/h1-6H,8,19H2,(H,20,21). The molecule has 0 aliphatic carbocycles. The fraction of sp³-hybridized carbons (Fsp3) is 0.0667. The fourth-order valence-electron chi connectivity index (χ4n) is 1.80. The summed E-state index contributed by atoms with van der Waals surface area (Å²) in [7, 11) is 0. The summed E-state index contributed by atoms with van der Waals surface area (Å²) in [6.45, 7) is 0.308. The van der Waals surface area contributed by atoms with Crippen molar-refractivity contribution in [3.63, 3.8) is 0 Å². The van der Waals surface area contributed by atoms with Crippen LogP contribution in [0.25, 0.3) is 0 Å². The quantitative estimate of drug-likeness (QED) is 0.851. The number of nitrogens with zero attached hydrogens (tertiary/aromatic N) is 1. The summed E-state index contributed by atoms with van der Waals surface area (Å²) in [6, 6.07) is 11.9. The van der Waals surface area contributed by atoms with E-state index >= 15 is 0 Å². The number of amides is 1. The molecule has 0 atom stereocenters. The average molecular weight is 320 g/mol. The molecule has 0 saturated carbocycles. The molecule has 2 aromatic carbocycles. The molecular formula is C15H11Cl2N3O. The summed E-state index contributed by atoms with van der Waals surface area (Å²) in [6.07, 6.45) is 0. The monoisotopic (exact) mass is 319 g/mol. The number of hydrogen-bond acceptors (Lipinski definition) is 3. The number of nitrogens with one attached hydrogen (secondary N) is 1. The lowest BCUT2D eigenvalue weighted by molar-refractivity contribution is 0.0952. The Labute approximate surface area is 132 Å². The van der Waals surface area contributed by atoms with Crippen molar-refractivity contribution in [2.45, 2.75) is 6.54 Å². The number of rotatable bonds is 3. The highest BCUT2D eigenvalue weighted by Crippen LogP contribution is 2.27. The average Bonchev–Trinajstić information content (AvgIpc) is 2.44. The molecule has 21 heavy (non-hydrogen) atoms. The van der Waals surface area contributed by atoms with E-state index in [1.807, 2.05) is 6.07 Å². The summed E-state index contributed by atoms with van der Waals surface area (Å²) in [5, 5.41) is 12.0. The van der Waals surface area contributed by atoms with E-state index in [4.69, 9.17) is 34.2 Å². The zero-order valence-corrected chi connectivity index (χ0v) is 12.4. The van der Waals surface area contributed by atoms with Gasteiger partial charge < -0.3 is 11.1 Å². The number of benzene rings is 2. The number of anilines is 1. The number of nitrogens with two attached hydrogens (primary N) is 1. The van der Waals surface area contributed by atoms with E-state index in [1.54, 1.807) is 24.3 Å². The molecule has 6 heteroatoms. The lowest BCUT2D eigenvalue weighted by Gasteiger charge is -2.10. The molecule has 3 N–H and O–H groups in total. The van der Waals surface area contributed by atoms with Crippen LogP contribution in [-0.4, -0.2) is 5.91 Å². The van der Waals surface area contributed by atoms with Crippen LogP contribution in [0.5, 0.6) is 0 Å². The van der Waals surface area contributed by atoms with Crippen molar-refractivity contribution in [3.8, 4) is 6.07 Å². The molecule has 0 aromatic heterocycles. The third-order valence-corrected chi connectivity index (χ3v) is 3.36. The topological polar surface area (TPSA) is 78.9 Å². The van der Waals surface area contributed by atoms with Gasteiger partial charge in [0.05, 0.1) is 22.2 Å². The van der Waals surface area contributed by atoms with Crippen molar-refractivity contribution in [3.05, 3.63) is 63.1 Å². The van der Waals surface area contributed by atoms with Crippen LogP contribution in [0.2, 0.25) is 10.0 Å². The molecule has 106 valence electrons. The second-order valence-corrected chi connectivity index (χ2v) is 5.19. The number of halogens is 2. The zero-order chi connectivity index (χ0) is 15.4. The van der Waals surface area contributed by atoms with E-state index in [1.165, 1.54) is 12.1 Å². The van der Waals surface area contributed by atoms with E-state index < -0.39 is 0 Å². The van der Waals surface area contributed by atoms with Gasteiger partial charge in [0, 0.05) is 17.3 Å². The molecule has 2 aromatic rings. The third-order valence-electron chi connectivity index (χ3n) is 2.85. The smallest absolute Gasteiger partial charge is 0.255 e. The minimum Gasteiger partial charge on any atom is -0.398 e. The van der Waals surface area contributed by atoms with E-state index in [0.717, 1.165) is 5.56 Å². The zero-order valence-electron chi connectivity index (χ0n) is 10.9. The van der Waals surface area contributed by atoms with Gasteiger partial charge in [0.15, 0.2) is 0 Å². The van der Waals surface area contributed by atoms with Gasteiger partial charge in [0.25, 0.3) is 5.91 Å². The van der Waals surface area contributed by atoms with Crippen molar-refractivity contribution in [1.82, 2.24) is 5.32 Å². The van der Waals surface area contributed by atoms with Gasteiger partial charge in [0.2, 0.25) is 0 Å². The summed E-state index contributed by atoms with van der Waals surface area (Å²) in [5.41, 5.74) is 7.63. The Morgan fingerprint density at radius 2 is 1.90 bits per heavy atom. The third kappa shape index (κ3) is 3.66. The molecule has 0 radical (unpaired) electrons. The van der Waals surface area contributed by atoms with Crippen molar-refractivity contribution >= 4 is 34.8 Å². The first kappa shape index (κ1) is 15.2. The molecule has 2 rings (SSSR count). The summed E-state index contributed by atoms with van der Waals surface area (Å²) in [5.74, 6) is -0.376. The molecule has 1 amide bonds. The molecule has 0 fully saturated rings. The SMILES string of the molecule is N#Cc1ccc(CNC(=O)c2c(N)cc(Cl)cc2Cl)cc1. The predicted octanol–water partition coefficient (Wildman–Crippen LogP) is 3.38. The highest BCUT2D eigenvalue weighted by atomic mass is 35.5. The van der Waals surface area contributed by atoms with Crippen LogP contribution in [0.15, 0.2) is 36.4 Å². The molecule has 0 aliphatic heterocycles. The molecule has 4 nitrogen and oxygen atoms in total. The summed E-state index contributed by atoms with van der Waals surface area (Å²) in [4.78, 5) is 12.1. The van der Waals surface area contributed by atoms with E-state index in [-0.39, 0.29) is 22.2 Å². The van der Waals surface area contributed by atoms with Crippen LogP contribution in [0.1, 0.15) is 21.5 Å². The largest absolute Gasteiger partial charge is 0.398 e. The van der Waals surface area contributed by atoms with Gasteiger partial charge in [-0.25, -0.2) is 0 Å². The van der Waals surface area contributed by atoms with Gasteiger partial charge in [-0.15, -0.1) is 0 Å². The van der Waals surface area contributed by atoms with Crippen LogP contribution in [0.4, 0.5) is 5.69 Å². The normalized spacial score (nSPS) is 9.95. The van der Waals surface area contributed by atoms with Crippen LogP contribution in [0, 0.1) is 11.3 Å². The van der Waals surface area contributed by atoms with Crippen LogP contribution in [0.3, 0.4) is 0 Å². The minimum absolute atomic E-state index is 0.203. The molecule has 0 saturated heterocycles. The van der Waals surface area contributed by atoms with Gasteiger partial charge in [-0.2, -0.15) is 5.26 Å². The van der Waals surface area contributed by atoms with Crippen molar-refractivity contribution in [2.75, 3.05) is 5.73 Å². The van der Waals surface area contributed by atoms with Gasteiger partial charge in [0.1, 0.15) is 0 Å². The molecule has 0 aliphatic rings. The van der Waals surface area contributed by atoms with E-state index in [2.05, 4.69) is 5.32 Å². The highest BCUT2D eigenvalue weighted by molar-refractivity contribution is 6.37. The van der Waals surface area contributed by atoms with Crippen LogP contribution >= 0.6 is 23.2 Å². The van der Waals surface area contributed by atoms with Crippen molar-refractivity contribution < 1.29 is 4.79 Å². The molecule has 0 spiro atoms. The minimum atomic E-state index is -0.376. The van der Waals surface area contributed by atoms with E-state index in [9.17, 15) is 4.79 Å². The molecule has 0 heterocycles. The second kappa shape index (κ2) is 6.49. The second-order valence-electron chi connectivity index (χ2n) is 4.34. The molecule has 0 unspecified atom stereocenters. The number of carbonyl (C=O) groups excluding carboxylic acids is 1. The maximum Gasteiger partial charge on any atom is 0.255 e. The summed E-state index contributed by atoms with van der Waals surface area (Å²) >= 11 is 11.8. The van der Waals surface area contributed by atoms with Crippen molar-refractivity contribution in [1.29, 1.82) is 5.26 Å². The lowest BCUT2D eigenvalue weighted by Crippen LogP contribution is -2.24. The maximum absolute atomic E-state index is 12.1. The Balaban J connectivity index is 2.10. The lowest BCUT2D eigenvalue weighted by atomic mass is 10.1. The number of nitriles is 1. The highest BCUT2D eigenvalue weighted by Gasteiger charge is 2.15. The van der Waals surface area contributed by atoms with Gasteiger partial charge >= 0.3 is 0 Å². The Hall–Kier alpha value is -2.22. The first-order valence-corrected chi connectivity index (χ1v) is 6.78. The number of carbonyl (C=O) groups is 1. The Kier molecular flexibility index (Phi) is 4.69. The fourth-order valence-corrected chi connectivity index (χ4v) is 2.40. The van der Waals surface area contributed by atoms with Gasteiger partial charge in [-0.1, -0.05) is 35.3 Å². The Morgan fingerprint density at radius 1 is 1.24 bits per heavy atom. The Bertz CT molecular complexity index is 698. The first-order chi connectivity index (χ1) is 10.0. The molecular weight excluding hydrogens is 309 g/mol. The predicted molar refractivity (Wildman–Crippen MR) is 83.2 cm³/mol.